The summed E-state index contributed by atoms with van der Waals surface area (Å²) in [6.07, 6.45) is 6.47. The maximum atomic E-state index is 7.00. The number of aromatic nitrogens is 3. The molecule has 2 aromatic rings. The number of hydrogen-bond acceptors (Lipinski definition) is 4. The van der Waals surface area contributed by atoms with E-state index in [2.05, 4.69) is 31.5 Å². The predicted octanol–water partition coefficient (Wildman–Crippen LogP) is 1.25. The minimum Gasteiger partial charge on any atom is -0.400 e. The summed E-state index contributed by atoms with van der Waals surface area (Å²) in [6, 6.07) is 2.07. The molecule has 3 heterocycles. The van der Waals surface area contributed by atoms with Gasteiger partial charge in [-0.1, -0.05) is 0 Å². The van der Waals surface area contributed by atoms with Crippen LogP contribution in [0.5, 0.6) is 0 Å². The normalized spacial score (nSPS) is 14.9. The molecule has 3 rings (SSSR count). The van der Waals surface area contributed by atoms with Crippen LogP contribution in [-0.4, -0.2) is 39.7 Å². The lowest BCUT2D eigenvalue weighted by Gasteiger charge is -2.18. The van der Waals surface area contributed by atoms with Crippen LogP contribution in [0.2, 0.25) is 0 Å². The molecule has 0 aromatic carbocycles. The average Bonchev–Trinajstić information content (AvgIpc) is 2.98. The number of imidazole rings is 1. The van der Waals surface area contributed by atoms with Crippen molar-refractivity contribution in [2.45, 2.75) is 19.8 Å². The molecule has 5 heteroatoms. The monoisotopic (exact) mass is 234 g/mol. The molecule has 92 valence electrons. The van der Waals surface area contributed by atoms with Gasteiger partial charge in [-0.2, -0.15) is 0 Å². The van der Waals surface area contributed by atoms with Crippen LogP contribution in [0, 0.1) is 6.92 Å². The van der Waals surface area contributed by atoms with Crippen LogP contribution in [0.15, 0.2) is 18.5 Å². The summed E-state index contributed by atoms with van der Waals surface area (Å²) in [4.78, 5) is 11.0. The van der Waals surface area contributed by atoms with Gasteiger partial charge in [-0.25, -0.2) is 9.97 Å². The Labute approximate surface area is 101 Å². The minimum atomic E-state index is 0.803. The van der Waals surface area contributed by atoms with Gasteiger partial charge in [0, 0.05) is 32.6 Å². The summed E-state index contributed by atoms with van der Waals surface area (Å²) in [5, 5.41) is 7.00. The van der Waals surface area contributed by atoms with Crippen molar-refractivity contribution >= 4 is 11.6 Å². The quantitative estimate of drug-likeness (QED) is 0.806. The highest BCUT2D eigenvalue weighted by Gasteiger charge is 2.15. The maximum Gasteiger partial charge on any atom is 0.235 e. The van der Waals surface area contributed by atoms with Crippen molar-refractivity contribution in [2.75, 3.05) is 25.1 Å². The van der Waals surface area contributed by atoms with Gasteiger partial charge in [-0.05, 0) is 25.8 Å². The topological polar surface area (TPSA) is 53.7 Å². The Morgan fingerprint density at radius 3 is 2.65 bits per heavy atom. The zero-order valence-electron chi connectivity index (χ0n) is 10.3. The van der Waals surface area contributed by atoms with Crippen LogP contribution >= 0.6 is 0 Å². The molecule has 0 aliphatic carbocycles. The average molecular weight is 234 g/mol. The van der Waals surface area contributed by atoms with Gasteiger partial charge in [0.1, 0.15) is 5.82 Å². The molecule has 0 atom stereocenters. The zero-order valence-corrected chi connectivity index (χ0v) is 10.3. The van der Waals surface area contributed by atoms with Gasteiger partial charge in [0.15, 0.2) is 0 Å². The first-order valence-corrected chi connectivity index (χ1v) is 5.85. The van der Waals surface area contributed by atoms with Crippen LogP contribution < -0.4 is 4.90 Å². The number of aryl methyl sites for hydroxylation is 1. The van der Waals surface area contributed by atoms with Crippen LogP contribution in [0.4, 0.5) is 5.82 Å². The second kappa shape index (κ2) is 5.14. The van der Waals surface area contributed by atoms with Crippen molar-refractivity contribution in [3.63, 3.8) is 0 Å². The number of rotatable bonds is 1. The van der Waals surface area contributed by atoms with Crippen molar-refractivity contribution in [1.82, 2.24) is 14.4 Å². The Bertz CT molecular complexity index is 488. The summed E-state index contributed by atoms with van der Waals surface area (Å²) in [5.41, 5.74) is 1.02. The maximum absolute atomic E-state index is 7.00. The van der Waals surface area contributed by atoms with E-state index in [0.29, 0.717) is 0 Å². The molecule has 1 N–H and O–H groups in total. The van der Waals surface area contributed by atoms with E-state index in [1.165, 1.54) is 18.7 Å². The molecule has 0 saturated carbocycles. The molecule has 0 unspecified atom stereocenters. The Kier molecular flexibility index (Phi) is 3.58. The third-order valence-electron chi connectivity index (χ3n) is 2.90. The summed E-state index contributed by atoms with van der Waals surface area (Å²) >= 11 is 0. The third-order valence-corrected chi connectivity index (χ3v) is 2.90. The lowest BCUT2D eigenvalue weighted by molar-refractivity contribution is 0.399. The number of fused-ring (bicyclic) bond motifs is 1. The summed E-state index contributed by atoms with van der Waals surface area (Å²) in [7, 11) is 1.00. The lowest BCUT2D eigenvalue weighted by Crippen LogP contribution is -2.20. The molecule has 0 bridgehead atoms. The number of anilines is 1. The highest BCUT2D eigenvalue weighted by molar-refractivity contribution is 5.48. The molecule has 2 aromatic heterocycles. The highest BCUT2D eigenvalue weighted by Crippen LogP contribution is 2.20. The Morgan fingerprint density at radius 2 is 1.94 bits per heavy atom. The number of nitrogens with zero attached hydrogens (tertiary/aromatic N) is 4. The molecular formula is C12H18N4O. The molecule has 1 fully saturated rings. The molecule has 1 aliphatic rings. The van der Waals surface area contributed by atoms with E-state index in [4.69, 9.17) is 5.11 Å². The van der Waals surface area contributed by atoms with E-state index in [9.17, 15) is 0 Å². The van der Waals surface area contributed by atoms with Gasteiger partial charge in [-0.15, -0.1) is 0 Å². The first kappa shape index (κ1) is 11.9. The van der Waals surface area contributed by atoms with E-state index < -0.39 is 0 Å². The van der Waals surface area contributed by atoms with Crippen LogP contribution in [0.1, 0.15) is 18.5 Å². The largest absolute Gasteiger partial charge is 0.400 e. The number of hydrogen-bond donors (Lipinski definition) is 1. The molecule has 0 radical (unpaired) electrons. The fourth-order valence-corrected chi connectivity index (χ4v) is 2.20. The van der Waals surface area contributed by atoms with Gasteiger partial charge >= 0.3 is 0 Å². The predicted molar refractivity (Wildman–Crippen MR) is 67.3 cm³/mol. The lowest BCUT2D eigenvalue weighted by atomic mass is 10.4. The standard InChI is InChI=1S/C11H14N4.CH4O/c1-9-8-15-10(14-6-2-3-7-14)4-5-12-11(15)13-9;1-2/h4-5,8H,2-3,6-7H2,1H3;2H,1H3. The van der Waals surface area contributed by atoms with E-state index in [1.54, 1.807) is 0 Å². The van der Waals surface area contributed by atoms with E-state index in [1.807, 2.05) is 13.1 Å². The van der Waals surface area contributed by atoms with Gasteiger partial charge < -0.3 is 10.0 Å². The first-order chi connectivity index (χ1) is 8.34. The van der Waals surface area contributed by atoms with E-state index in [0.717, 1.165) is 31.7 Å². The molecule has 1 saturated heterocycles. The highest BCUT2D eigenvalue weighted by atomic mass is 16.2. The fourth-order valence-electron chi connectivity index (χ4n) is 2.20. The van der Waals surface area contributed by atoms with Crippen molar-refractivity contribution < 1.29 is 5.11 Å². The van der Waals surface area contributed by atoms with Gasteiger partial charge in [-0.3, -0.25) is 4.40 Å². The van der Waals surface area contributed by atoms with Crippen molar-refractivity contribution in [3.8, 4) is 0 Å². The summed E-state index contributed by atoms with van der Waals surface area (Å²) < 4.78 is 2.08. The molecule has 5 nitrogen and oxygen atoms in total. The van der Waals surface area contributed by atoms with E-state index in [-0.39, 0.29) is 0 Å². The second-order valence-corrected chi connectivity index (χ2v) is 4.05. The van der Waals surface area contributed by atoms with Crippen molar-refractivity contribution in [1.29, 1.82) is 0 Å². The first-order valence-electron chi connectivity index (χ1n) is 5.85. The summed E-state index contributed by atoms with van der Waals surface area (Å²) in [5.74, 6) is 2.02. The fraction of sp³-hybridized carbons (Fsp3) is 0.500. The molecule has 17 heavy (non-hydrogen) atoms. The van der Waals surface area contributed by atoms with Crippen LogP contribution in [0.25, 0.3) is 5.78 Å². The minimum absolute atomic E-state index is 0.803. The van der Waals surface area contributed by atoms with Crippen LogP contribution in [-0.2, 0) is 0 Å². The van der Waals surface area contributed by atoms with Gasteiger partial charge in [0.25, 0.3) is 0 Å². The smallest absolute Gasteiger partial charge is 0.235 e. The van der Waals surface area contributed by atoms with Crippen LogP contribution in [0.3, 0.4) is 0 Å². The zero-order chi connectivity index (χ0) is 12.3. The number of aliphatic hydroxyl groups is 1. The molecule has 0 spiro atoms. The van der Waals surface area contributed by atoms with Gasteiger partial charge in [0.2, 0.25) is 5.78 Å². The molecule has 0 amide bonds. The third kappa shape index (κ3) is 2.24. The van der Waals surface area contributed by atoms with Gasteiger partial charge in [0.05, 0.1) is 5.69 Å². The van der Waals surface area contributed by atoms with E-state index >= 15 is 0 Å². The molecular weight excluding hydrogens is 216 g/mol. The van der Waals surface area contributed by atoms with Crippen molar-refractivity contribution in [3.05, 3.63) is 24.2 Å². The Hall–Kier alpha value is -1.62. The van der Waals surface area contributed by atoms with Crippen molar-refractivity contribution in [2.24, 2.45) is 0 Å². The SMILES string of the molecule is CO.Cc1cn2c(N3CCCC3)ccnc2n1. The second-order valence-electron chi connectivity index (χ2n) is 4.05. The molecule has 1 aliphatic heterocycles. The number of aliphatic hydroxyl groups excluding tert-OH is 1. The Morgan fingerprint density at radius 1 is 1.24 bits per heavy atom. The summed E-state index contributed by atoms with van der Waals surface area (Å²) in [6.45, 7) is 4.30. The Balaban J connectivity index is 0.000000514.